The van der Waals surface area contributed by atoms with Gasteiger partial charge in [-0.1, -0.05) is 12.1 Å². The SMILES string of the molecule is COc1cccc(C(O)COCC(F)(F)F)c1F. The van der Waals surface area contributed by atoms with E-state index in [0.29, 0.717) is 0 Å². The number of alkyl halides is 3. The highest BCUT2D eigenvalue weighted by Gasteiger charge is 2.28. The molecule has 1 unspecified atom stereocenters. The molecule has 1 aromatic rings. The van der Waals surface area contributed by atoms with Crippen molar-refractivity contribution in [3.8, 4) is 5.75 Å². The first-order valence-electron chi connectivity index (χ1n) is 5.00. The van der Waals surface area contributed by atoms with E-state index in [0.717, 1.165) is 0 Å². The highest BCUT2D eigenvalue weighted by atomic mass is 19.4. The summed E-state index contributed by atoms with van der Waals surface area (Å²) in [5.74, 6) is -0.912. The highest BCUT2D eigenvalue weighted by Crippen LogP contribution is 2.25. The van der Waals surface area contributed by atoms with Crippen molar-refractivity contribution in [2.75, 3.05) is 20.3 Å². The number of ether oxygens (including phenoxy) is 2. The van der Waals surface area contributed by atoms with Crippen LogP contribution < -0.4 is 4.74 Å². The van der Waals surface area contributed by atoms with Crippen molar-refractivity contribution < 1.29 is 32.1 Å². The van der Waals surface area contributed by atoms with Gasteiger partial charge in [-0.15, -0.1) is 0 Å². The van der Waals surface area contributed by atoms with Crippen molar-refractivity contribution in [1.29, 1.82) is 0 Å². The predicted octanol–water partition coefficient (Wildman–Crippen LogP) is 2.45. The molecular formula is C11H12F4O3. The summed E-state index contributed by atoms with van der Waals surface area (Å²) in [4.78, 5) is 0. The van der Waals surface area contributed by atoms with Gasteiger partial charge < -0.3 is 14.6 Å². The molecule has 0 amide bonds. The zero-order valence-corrected chi connectivity index (χ0v) is 9.50. The van der Waals surface area contributed by atoms with Crippen LogP contribution in [0.25, 0.3) is 0 Å². The Balaban J connectivity index is 2.64. The van der Waals surface area contributed by atoms with Gasteiger partial charge in [0.15, 0.2) is 11.6 Å². The summed E-state index contributed by atoms with van der Waals surface area (Å²) < 4.78 is 58.0. The van der Waals surface area contributed by atoms with E-state index in [2.05, 4.69) is 9.47 Å². The number of hydrogen-bond acceptors (Lipinski definition) is 3. The van der Waals surface area contributed by atoms with E-state index >= 15 is 0 Å². The number of aliphatic hydroxyl groups excluding tert-OH is 1. The average Bonchev–Trinajstić information content (AvgIpc) is 2.27. The van der Waals surface area contributed by atoms with Crippen molar-refractivity contribution in [2.45, 2.75) is 12.3 Å². The van der Waals surface area contributed by atoms with Crippen molar-refractivity contribution in [3.05, 3.63) is 29.6 Å². The Morgan fingerprint density at radius 1 is 1.33 bits per heavy atom. The Labute approximate surface area is 101 Å². The predicted molar refractivity (Wildman–Crippen MR) is 54.8 cm³/mol. The van der Waals surface area contributed by atoms with E-state index in [1.807, 2.05) is 0 Å². The average molecular weight is 268 g/mol. The number of benzene rings is 1. The normalized spacial score (nSPS) is 13.4. The molecule has 7 heteroatoms. The minimum absolute atomic E-state index is 0.0950. The van der Waals surface area contributed by atoms with E-state index in [1.165, 1.54) is 25.3 Å². The third-order valence-electron chi connectivity index (χ3n) is 2.11. The molecular weight excluding hydrogens is 256 g/mol. The molecule has 0 aliphatic heterocycles. The Kier molecular flexibility index (Phi) is 4.92. The van der Waals surface area contributed by atoms with E-state index in [9.17, 15) is 22.7 Å². The lowest BCUT2D eigenvalue weighted by Gasteiger charge is -2.14. The molecule has 3 nitrogen and oxygen atoms in total. The quantitative estimate of drug-likeness (QED) is 0.834. The minimum Gasteiger partial charge on any atom is -0.494 e. The standard InChI is InChI=1S/C11H12F4O3/c1-17-9-4-2-3-7(10(9)12)8(16)5-18-6-11(13,14)15/h2-4,8,16H,5-6H2,1H3. The van der Waals surface area contributed by atoms with Gasteiger partial charge in [0.1, 0.15) is 12.7 Å². The first kappa shape index (κ1) is 14.7. The molecule has 1 N–H and O–H groups in total. The Morgan fingerprint density at radius 2 is 2.00 bits per heavy atom. The maximum atomic E-state index is 13.6. The Hall–Kier alpha value is -1.34. The molecule has 0 aliphatic rings. The van der Waals surface area contributed by atoms with Crippen LogP contribution in [0.4, 0.5) is 17.6 Å². The summed E-state index contributed by atoms with van der Waals surface area (Å²) >= 11 is 0. The van der Waals surface area contributed by atoms with Gasteiger partial charge in [-0.25, -0.2) is 4.39 Å². The fourth-order valence-corrected chi connectivity index (χ4v) is 1.32. The lowest BCUT2D eigenvalue weighted by Crippen LogP contribution is -2.20. The van der Waals surface area contributed by atoms with Crippen LogP contribution in [0.1, 0.15) is 11.7 Å². The van der Waals surface area contributed by atoms with Gasteiger partial charge in [0.25, 0.3) is 0 Å². The lowest BCUT2D eigenvalue weighted by molar-refractivity contribution is -0.179. The van der Waals surface area contributed by atoms with Gasteiger partial charge in [0.05, 0.1) is 13.7 Å². The van der Waals surface area contributed by atoms with E-state index in [1.54, 1.807) is 0 Å². The molecule has 1 atom stereocenters. The Bertz CT molecular complexity index is 392. The van der Waals surface area contributed by atoms with Crippen molar-refractivity contribution in [2.24, 2.45) is 0 Å². The van der Waals surface area contributed by atoms with Gasteiger partial charge in [0, 0.05) is 5.56 Å². The van der Waals surface area contributed by atoms with Gasteiger partial charge in [-0.2, -0.15) is 13.2 Å². The summed E-state index contributed by atoms with van der Waals surface area (Å²) in [6.07, 6.45) is -5.96. The molecule has 0 saturated carbocycles. The molecule has 0 bridgehead atoms. The second-order valence-corrected chi connectivity index (χ2v) is 3.51. The molecule has 1 aromatic carbocycles. The van der Waals surface area contributed by atoms with Gasteiger partial charge in [-0.3, -0.25) is 0 Å². The van der Waals surface area contributed by atoms with E-state index in [-0.39, 0.29) is 11.3 Å². The number of methoxy groups -OCH3 is 1. The number of hydrogen-bond donors (Lipinski definition) is 1. The third kappa shape index (κ3) is 4.15. The van der Waals surface area contributed by atoms with Crippen molar-refractivity contribution >= 4 is 0 Å². The van der Waals surface area contributed by atoms with Gasteiger partial charge >= 0.3 is 6.18 Å². The zero-order valence-electron chi connectivity index (χ0n) is 9.50. The fraction of sp³-hybridized carbons (Fsp3) is 0.455. The van der Waals surface area contributed by atoms with Crippen LogP contribution in [0.15, 0.2) is 18.2 Å². The summed E-state index contributed by atoms with van der Waals surface area (Å²) in [5.41, 5.74) is -0.170. The van der Waals surface area contributed by atoms with Gasteiger partial charge in [0.2, 0.25) is 0 Å². The third-order valence-corrected chi connectivity index (χ3v) is 2.11. The second kappa shape index (κ2) is 6.01. The molecule has 0 radical (unpaired) electrons. The van der Waals surface area contributed by atoms with Crippen LogP contribution in [0, 0.1) is 5.82 Å². The van der Waals surface area contributed by atoms with Crippen LogP contribution >= 0.6 is 0 Å². The summed E-state index contributed by atoms with van der Waals surface area (Å²) in [5, 5.41) is 9.53. The number of rotatable bonds is 5. The Morgan fingerprint density at radius 3 is 2.56 bits per heavy atom. The molecule has 18 heavy (non-hydrogen) atoms. The smallest absolute Gasteiger partial charge is 0.411 e. The molecule has 1 rings (SSSR count). The zero-order chi connectivity index (χ0) is 13.8. The fourth-order valence-electron chi connectivity index (χ4n) is 1.32. The lowest BCUT2D eigenvalue weighted by atomic mass is 10.1. The van der Waals surface area contributed by atoms with Crippen LogP contribution in [0.3, 0.4) is 0 Å². The van der Waals surface area contributed by atoms with Crippen LogP contribution in [-0.2, 0) is 4.74 Å². The summed E-state index contributed by atoms with van der Waals surface area (Å²) in [7, 11) is 1.24. The molecule has 0 heterocycles. The molecule has 102 valence electrons. The summed E-state index contributed by atoms with van der Waals surface area (Å²) in [6, 6.07) is 4.01. The molecule has 0 saturated heterocycles. The first-order chi connectivity index (χ1) is 8.35. The second-order valence-electron chi connectivity index (χ2n) is 3.51. The molecule has 0 aromatic heterocycles. The number of halogens is 4. The first-order valence-corrected chi connectivity index (χ1v) is 5.00. The van der Waals surface area contributed by atoms with E-state index in [4.69, 9.17) is 0 Å². The van der Waals surface area contributed by atoms with Crippen LogP contribution in [0.2, 0.25) is 0 Å². The largest absolute Gasteiger partial charge is 0.494 e. The molecule has 0 fully saturated rings. The van der Waals surface area contributed by atoms with Crippen LogP contribution in [0.5, 0.6) is 5.75 Å². The highest BCUT2D eigenvalue weighted by molar-refractivity contribution is 5.32. The molecule has 0 aliphatic carbocycles. The van der Waals surface area contributed by atoms with Crippen molar-refractivity contribution in [3.63, 3.8) is 0 Å². The van der Waals surface area contributed by atoms with Crippen molar-refractivity contribution in [1.82, 2.24) is 0 Å². The monoisotopic (exact) mass is 268 g/mol. The minimum atomic E-state index is -4.48. The maximum Gasteiger partial charge on any atom is 0.411 e. The topological polar surface area (TPSA) is 38.7 Å². The van der Waals surface area contributed by atoms with Crippen LogP contribution in [-0.4, -0.2) is 31.6 Å². The summed E-state index contributed by atoms with van der Waals surface area (Å²) in [6.45, 7) is -2.14. The number of aliphatic hydroxyl groups is 1. The maximum absolute atomic E-state index is 13.6. The van der Waals surface area contributed by atoms with E-state index < -0.39 is 31.3 Å². The van der Waals surface area contributed by atoms with Gasteiger partial charge in [-0.05, 0) is 6.07 Å². The molecule has 0 spiro atoms.